The summed E-state index contributed by atoms with van der Waals surface area (Å²) in [6.45, 7) is 6.62. The van der Waals surface area contributed by atoms with Gasteiger partial charge in [-0.25, -0.2) is 0 Å². The van der Waals surface area contributed by atoms with E-state index in [0.717, 1.165) is 65.0 Å². The van der Waals surface area contributed by atoms with Gasteiger partial charge in [0.25, 0.3) is 0 Å². The number of piperazine rings is 1. The van der Waals surface area contributed by atoms with Crippen LogP contribution in [-0.2, 0) is 9.59 Å². The van der Waals surface area contributed by atoms with Crippen LogP contribution in [0, 0.1) is 5.92 Å². The Kier molecular flexibility index (Phi) is 5.65. The van der Waals surface area contributed by atoms with Crippen molar-refractivity contribution in [2.75, 3.05) is 66.5 Å². The zero-order valence-electron chi connectivity index (χ0n) is 15.7. The van der Waals surface area contributed by atoms with Gasteiger partial charge in [-0.2, -0.15) is 0 Å². The third-order valence-corrected chi connectivity index (χ3v) is 6.46. The van der Waals surface area contributed by atoms with Crippen molar-refractivity contribution in [1.29, 1.82) is 0 Å². The molecule has 3 aliphatic heterocycles. The van der Waals surface area contributed by atoms with Crippen LogP contribution in [0.4, 0.5) is 0 Å². The summed E-state index contributed by atoms with van der Waals surface area (Å²) in [4.78, 5) is 33.3. The quantitative estimate of drug-likeness (QED) is 0.737. The van der Waals surface area contributed by atoms with Gasteiger partial charge in [0.05, 0.1) is 12.5 Å². The van der Waals surface area contributed by atoms with Crippen molar-refractivity contribution in [3.8, 4) is 0 Å². The smallest absolute Gasteiger partial charge is 0.231 e. The zero-order chi connectivity index (χ0) is 18.0. The topological polar surface area (TPSA) is 73.1 Å². The fraction of sp³-hybridized carbons (Fsp3) is 0.889. The zero-order valence-corrected chi connectivity index (χ0v) is 15.7. The number of piperidine rings is 2. The third-order valence-electron chi connectivity index (χ3n) is 6.46. The Labute approximate surface area is 151 Å². The first kappa shape index (κ1) is 18.6. The average molecular weight is 351 g/mol. The van der Waals surface area contributed by atoms with Gasteiger partial charge < -0.3 is 15.5 Å². The van der Waals surface area contributed by atoms with E-state index in [1.165, 1.54) is 0 Å². The lowest BCUT2D eigenvalue weighted by Gasteiger charge is -2.53. The van der Waals surface area contributed by atoms with Gasteiger partial charge >= 0.3 is 0 Å². The highest BCUT2D eigenvalue weighted by Gasteiger charge is 2.43. The molecule has 0 saturated carbocycles. The molecule has 0 aromatic heterocycles. The first-order valence-electron chi connectivity index (χ1n) is 9.59. The lowest BCUT2D eigenvalue weighted by Crippen LogP contribution is -2.65. The van der Waals surface area contributed by atoms with E-state index >= 15 is 0 Å². The lowest BCUT2D eigenvalue weighted by molar-refractivity contribution is -0.144. The summed E-state index contributed by atoms with van der Waals surface area (Å²) in [7, 11) is 4.39. The number of carbonyl (C=O) groups excluding carboxylic acids is 2. The summed E-state index contributed by atoms with van der Waals surface area (Å²) in [6.07, 6.45) is 4.15. The molecule has 2 amide bonds. The molecule has 0 radical (unpaired) electrons. The highest BCUT2D eigenvalue weighted by Crippen LogP contribution is 2.32. The van der Waals surface area contributed by atoms with E-state index in [1.54, 1.807) is 0 Å². The van der Waals surface area contributed by atoms with Gasteiger partial charge in [0.15, 0.2) is 0 Å². The van der Waals surface area contributed by atoms with Crippen LogP contribution in [0.3, 0.4) is 0 Å². The van der Waals surface area contributed by atoms with E-state index in [4.69, 9.17) is 5.73 Å². The molecule has 0 aromatic carbocycles. The number of nitrogens with zero attached hydrogens (tertiary/aromatic N) is 4. The fourth-order valence-corrected chi connectivity index (χ4v) is 4.70. The van der Waals surface area contributed by atoms with Crippen molar-refractivity contribution < 1.29 is 9.59 Å². The van der Waals surface area contributed by atoms with Gasteiger partial charge in [0.2, 0.25) is 11.8 Å². The van der Waals surface area contributed by atoms with Crippen LogP contribution in [0.5, 0.6) is 0 Å². The number of carbonyl (C=O) groups is 2. The highest BCUT2D eigenvalue weighted by molar-refractivity contribution is 5.80. The fourth-order valence-electron chi connectivity index (χ4n) is 4.70. The number of likely N-dealkylation sites (tertiary alicyclic amines) is 2. The molecular formula is C18H33N5O2. The molecule has 0 aromatic rings. The molecule has 3 fully saturated rings. The molecule has 3 rings (SSSR count). The molecule has 7 heteroatoms. The predicted molar refractivity (Wildman–Crippen MR) is 97.0 cm³/mol. The Balaban J connectivity index is 1.63. The molecule has 3 aliphatic rings. The van der Waals surface area contributed by atoms with Crippen LogP contribution in [-0.4, -0.2) is 103 Å². The largest absolute Gasteiger partial charge is 0.369 e. The van der Waals surface area contributed by atoms with Crippen molar-refractivity contribution in [3.63, 3.8) is 0 Å². The van der Waals surface area contributed by atoms with Gasteiger partial charge in [-0.3, -0.25) is 19.4 Å². The average Bonchev–Trinajstić information content (AvgIpc) is 2.59. The van der Waals surface area contributed by atoms with Crippen molar-refractivity contribution >= 4 is 11.8 Å². The van der Waals surface area contributed by atoms with Gasteiger partial charge in [0, 0.05) is 31.7 Å². The predicted octanol–water partition coefficient (Wildman–Crippen LogP) is -0.578. The second-order valence-corrected chi connectivity index (χ2v) is 8.25. The summed E-state index contributed by atoms with van der Waals surface area (Å²) in [5, 5.41) is 0. The van der Waals surface area contributed by atoms with E-state index in [9.17, 15) is 9.59 Å². The molecule has 1 atom stereocenters. The number of likely N-dealkylation sites (N-methyl/N-ethyl adjacent to an activating group) is 1. The Morgan fingerprint density at radius 3 is 2.48 bits per heavy atom. The monoisotopic (exact) mass is 351 g/mol. The van der Waals surface area contributed by atoms with E-state index in [2.05, 4.69) is 28.8 Å². The van der Waals surface area contributed by atoms with Gasteiger partial charge in [0.1, 0.15) is 0 Å². The standard InChI is InChI=1S/C18H33N5O2/c1-20-8-5-18(6-9-20)14-23(11-10-21(18)2)17(25)15-4-3-7-22(12-15)13-16(19)24/h15H,3-14H2,1-2H3,(H2,19,24)/t15-/m0/s1. The number of hydrogen-bond acceptors (Lipinski definition) is 5. The Hall–Kier alpha value is -1.18. The summed E-state index contributed by atoms with van der Waals surface area (Å²) in [5.74, 6) is -0.0154. The van der Waals surface area contributed by atoms with Crippen molar-refractivity contribution in [2.45, 2.75) is 31.2 Å². The number of primary amides is 1. The van der Waals surface area contributed by atoms with Gasteiger partial charge in [-0.05, 0) is 59.4 Å². The van der Waals surface area contributed by atoms with E-state index in [0.29, 0.717) is 6.54 Å². The molecule has 0 aliphatic carbocycles. The van der Waals surface area contributed by atoms with Gasteiger partial charge in [-0.1, -0.05) is 0 Å². The number of rotatable bonds is 3. The molecule has 7 nitrogen and oxygen atoms in total. The maximum Gasteiger partial charge on any atom is 0.231 e. The summed E-state index contributed by atoms with van der Waals surface area (Å²) in [6, 6.07) is 0. The van der Waals surface area contributed by atoms with E-state index < -0.39 is 0 Å². The maximum atomic E-state index is 13.1. The SMILES string of the molecule is CN1CCC2(CC1)CN(C(=O)[C@H]1CCCN(CC(N)=O)C1)CCN2C. The first-order valence-corrected chi connectivity index (χ1v) is 9.59. The summed E-state index contributed by atoms with van der Waals surface area (Å²) in [5.41, 5.74) is 5.46. The molecule has 25 heavy (non-hydrogen) atoms. The van der Waals surface area contributed by atoms with Crippen molar-refractivity contribution in [1.82, 2.24) is 19.6 Å². The van der Waals surface area contributed by atoms with Crippen molar-refractivity contribution in [2.24, 2.45) is 11.7 Å². The van der Waals surface area contributed by atoms with E-state index in [1.807, 2.05) is 4.90 Å². The van der Waals surface area contributed by atoms with Crippen LogP contribution in [0.2, 0.25) is 0 Å². The van der Waals surface area contributed by atoms with Crippen LogP contribution in [0.15, 0.2) is 0 Å². The molecular weight excluding hydrogens is 318 g/mol. The Bertz CT molecular complexity index is 504. The molecule has 1 spiro atoms. The Morgan fingerprint density at radius 1 is 1.08 bits per heavy atom. The maximum absolute atomic E-state index is 13.1. The second-order valence-electron chi connectivity index (χ2n) is 8.25. The van der Waals surface area contributed by atoms with E-state index in [-0.39, 0.29) is 29.8 Å². The normalized spacial score (nSPS) is 29.0. The molecule has 0 unspecified atom stereocenters. The Morgan fingerprint density at radius 2 is 1.80 bits per heavy atom. The minimum absolute atomic E-state index is 0.0137. The molecule has 0 bridgehead atoms. The van der Waals surface area contributed by atoms with Crippen LogP contribution >= 0.6 is 0 Å². The van der Waals surface area contributed by atoms with Gasteiger partial charge in [-0.15, -0.1) is 0 Å². The van der Waals surface area contributed by atoms with Crippen LogP contribution in [0.1, 0.15) is 25.7 Å². The first-order chi connectivity index (χ1) is 11.9. The van der Waals surface area contributed by atoms with Crippen LogP contribution in [0.25, 0.3) is 0 Å². The minimum atomic E-state index is -0.307. The third kappa shape index (κ3) is 4.15. The number of hydrogen-bond donors (Lipinski definition) is 1. The summed E-state index contributed by atoms with van der Waals surface area (Å²) >= 11 is 0. The van der Waals surface area contributed by atoms with Crippen LogP contribution < -0.4 is 5.73 Å². The van der Waals surface area contributed by atoms with Crippen molar-refractivity contribution in [3.05, 3.63) is 0 Å². The summed E-state index contributed by atoms with van der Waals surface area (Å²) < 4.78 is 0. The number of nitrogens with two attached hydrogens (primary N) is 1. The molecule has 3 saturated heterocycles. The minimum Gasteiger partial charge on any atom is -0.369 e. The highest BCUT2D eigenvalue weighted by atomic mass is 16.2. The molecule has 2 N–H and O–H groups in total. The second kappa shape index (κ2) is 7.60. The lowest BCUT2D eigenvalue weighted by atomic mass is 9.83. The molecule has 142 valence electrons. The molecule has 3 heterocycles. The number of amides is 2.